The second kappa shape index (κ2) is 10.2. The maximum Gasteiger partial charge on any atom is 0.347 e. The van der Waals surface area contributed by atoms with Crippen molar-refractivity contribution in [1.29, 1.82) is 0 Å². The number of halogens is 1. The van der Waals surface area contributed by atoms with Crippen LogP contribution >= 0.6 is 11.6 Å². The van der Waals surface area contributed by atoms with Crippen LogP contribution in [0.1, 0.15) is 25.8 Å². The van der Waals surface area contributed by atoms with Crippen LogP contribution in [0, 0.1) is 6.92 Å². The van der Waals surface area contributed by atoms with Crippen LogP contribution in [0.25, 0.3) is 16.7 Å². The molecule has 4 aromatic rings. The predicted octanol–water partition coefficient (Wildman–Crippen LogP) is 5.47. The molecule has 9 heteroatoms. The van der Waals surface area contributed by atoms with E-state index in [1.54, 1.807) is 30.3 Å². The molecule has 0 aliphatic heterocycles. The van der Waals surface area contributed by atoms with Crippen molar-refractivity contribution in [2.75, 3.05) is 13.2 Å². The minimum Gasteiger partial charge on any atom is -0.493 e. The summed E-state index contributed by atoms with van der Waals surface area (Å²) in [6, 6.07) is 18.2. The predicted molar refractivity (Wildman–Crippen MR) is 133 cm³/mol. The summed E-state index contributed by atoms with van der Waals surface area (Å²) in [6.45, 7) is 5.72. The van der Waals surface area contributed by atoms with Crippen LogP contribution in [0.5, 0.6) is 17.2 Å². The average molecular weight is 496 g/mol. The first kappa shape index (κ1) is 24.3. The summed E-state index contributed by atoms with van der Waals surface area (Å²) in [5, 5.41) is 18.8. The number of hydrogen-bond acceptors (Lipinski definition) is 6. The first-order valence-electron chi connectivity index (χ1n) is 11.1. The van der Waals surface area contributed by atoms with Crippen LogP contribution in [-0.2, 0) is 4.79 Å². The zero-order valence-corrected chi connectivity index (χ0v) is 20.5. The van der Waals surface area contributed by atoms with Crippen molar-refractivity contribution in [1.82, 2.24) is 15.0 Å². The van der Waals surface area contributed by atoms with Crippen molar-refractivity contribution >= 4 is 28.6 Å². The van der Waals surface area contributed by atoms with Crippen molar-refractivity contribution in [2.24, 2.45) is 0 Å². The standard InChI is InChI=1S/C26H26ClN3O5/c1-17-15-19(10-12-23(17)35-26(2,3)25(31)32)33-13-6-14-34-24-11-9-18(27)16-22(24)30-28-20-7-4-5-8-21(20)29-30/h4-5,7-12,15-16H,6,13-14H2,1-3H3,(H,31,32). The Morgan fingerprint density at radius 1 is 0.971 bits per heavy atom. The van der Waals surface area contributed by atoms with E-state index in [2.05, 4.69) is 10.2 Å². The molecular weight excluding hydrogens is 470 g/mol. The van der Waals surface area contributed by atoms with Gasteiger partial charge in [-0.3, -0.25) is 0 Å². The number of nitrogens with zero attached hydrogens (tertiary/aromatic N) is 3. The van der Waals surface area contributed by atoms with Gasteiger partial charge in [-0.2, -0.15) is 0 Å². The minimum atomic E-state index is -1.32. The first-order chi connectivity index (χ1) is 16.7. The summed E-state index contributed by atoms with van der Waals surface area (Å²) in [6.07, 6.45) is 0.639. The Balaban J connectivity index is 1.33. The van der Waals surface area contributed by atoms with Crippen molar-refractivity contribution < 1.29 is 24.1 Å². The fourth-order valence-electron chi connectivity index (χ4n) is 3.31. The fourth-order valence-corrected chi connectivity index (χ4v) is 3.48. The number of ether oxygens (including phenoxy) is 3. The van der Waals surface area contributed by atoms with E-state index in [1.807, 2.05) is 37.3 Å². The second-order valence-electron chi connectivity index (χ2n) is 8.49. The van der Waals surface area contributed by atoms with Crippen LogP contribution in [0.2, 0.25) is 5.02 Å². The van der Waals surface area contributed by atoms with E-state index >= 15 is 0 Å². The lowest BCUT2D eigenvalue weighted by Gasteiger charge is -2.23. The van der Waals surface area contributed by atoms with Crippen molar-refractivity contribution in [3.05, 3.63) is 71.2 Å². The maximum atomic E-state index is 11.3. The minimum absolute atomic E-state index is 0.419. The molecule has 3 aromatic carbocycles. The number of benzene rings is 3. The highest BCUT2D eigenvalue weighted by atomic mass is 35.5. The molecule has 0 aliphatic carbocycles. The molecule has 0 radical (unpaired) electrons. The highest BCUT2D eigenvalue weighted by molar-refractivity contribution is 6.30. The molecule has 0 aliphatic rings. The SMILES string of the molecule is Cc1cc(OCCCOc2ccc(Cl)cc2-n2nc3ccccc3n2)ccc1OC(C)(C)C(=O)O. The Hall–Kier alpha value is -3.78. The normalized spacial score (nSPS) is 11.4. The third-order valence-corrected chi connectivity index (χ3v) is 5.50. The smallest absolute Gasteiger partial charge is 0.347 e. The van der Waals surface area contributed by atoms with E-state index in [1.165, 1.54) is 18.6 Å². The number of aromatic nitrogens is 3. The molecule has 0 saturated heterocycles. The van der Waals surface area contributed by atoms with Crippen LogP contribution in [0.3, 0.4) is 0 Å². The third kappa shape index (κ3) is 5.84. The summed E-state index contributed by atoms with van der Waals surface area (Å²) < 4.78 is 17.4. The highest BCUT2D eigenvalue weighted by Crippen LogP contribution is 2.28. The average Bonchev–Trinajstić information content (AvgIpc) is 3.25. The molecule has 0 bridgehead atoms. The second-order valence-corrected chi connectivity index (χ2v) is 8.92. The van der Waals surface area contributed by atoms with Gasteiger partial charge in [0.1, 0.15) is 34.0 Å². The Morgan fingerprint density at radius 3 is 2.29 bits per heavy atom. The van der Waals surface area contributed by atoms with Crippen molar-refractivity contribution in [3.8, 4) is 22.9 Å². The van der Waals surface area contributed by atoms with Gasteiger partial charge in [0, 0.05) is 11.4 Å². The molecule has 1 aromatic heterocycles. The van der Waals surface area contributed by atoms with Gasteiger partial charge in [-0.25, -0.2) is 4.79 Å². The highest BCUT2D eigenvalue weighted by Gasteiger charge is 2.29. The molecule has 0 amide bonds. The zero-order chi connectivity index (χ0) is 25.0. The van der Waals surface area contributed by atoms with Crippen molar-refractivity contribution in [3.63, 3.8) is 0 Å². The van der Waals surface area contributed by atoms with E-state index in [-0.39, 0.29) is 0 Å². The first-order valence-corrected chi connectivity index (χ1v) is 11.5. The van der Waals surface area contributed by atoms with Crippen LogP contribution in [-0.4, -0.2) is 44.9 Å². The number of carboxylic acids is 1. The lowest BCUT2D eigenvalue weighted by molar-refractivity contribution is -0.152. The molecule has 0 fully saturated rings. The van der Waals surface area contributed by atoms with Gasteiger partial charge in [0.15, 0.2) is 5.60 Å². The van der Waals surface area contributed by atoms with E-state index < -0.39 is 11.6 Å². The Kier molecular flexibility index (Phi) is 7.12. The van der Waals surface area contributed by atoms with E-state index in [0.717, 1.165) is 16.6 Å². The van der Waals surface area contributed by atoms with E-state index in [9.17, 15) is 9.90 Å². The molecule has 0 saturated carbocycles. The molecule has 35 heavy (non-hydrogen) atoms. The number of rotatable bonds is 10. The monoisotopic (exact) mass is 495 g/mol. The largest absolute Gasteiger partial charge is 0.493 e. The Bertz CT molecular complexity index is 1320. The van der Waals surface area contributed by atoms with Crippen molar-refractivity contribution in [2.45, 2.75) is 32.8 Å². The van der Waals surface area contributed by atoms with Gasteiger partial charge in [0.05, 0.1) is 13.2 Å². The fraction of sp³-hybridized carbons (Fsp3) is 0.269. The number of hydrogen-bond donors (Lipinski definition) is 1. The molecule has 4 rings (SSSR count). The topological polar surface area (TPSA) is 95.7 Å². The zero-order valence-electron chi connectivity index (χ0n) is 19.7. The third-order valence-electron chi connectivity index (χ3n) is 5.26. The molecule has 8 nitrogen and oxygen atoms in total. The van der Waals surface area contributed by atoms with Gasteiger partial charge in [-0.05, 0) is 74.9 Å². The molecule has 182 valence electrons. The molecule has 1 heterocycles. The Morgan fingerprint density at radius 2 is 1.63 bits per heavy atom. The summed E-state index contributed by atoms with van der Waals surface area (Å²) in [7, 11) is 0. The summed E-state index contributed by atoms with van der Waals surface area (Å²) in [5.74, 6) is 0.761. The van der Waals surface area contributed by atoms with Crippen LogP contribution in [0.15, 0.2) is 60.7 Å². The van der Waals surface area contributed by atoms with Gasteiger partial charge >= 0.3 is 5.97 Å². The molecule has 0 spiro atoms. The van der Waals surface area contributed by atoms with Crippen LogP contribution in [0.4, 0.5) is 0 Å². The Labute approximate surface area is 208 Å². The van der Waals surface area contributed by atoms with Gasteiger partial charge in [-0.1, -0.05) is 23.7 Å². The molecule has 0 unspecified atom stereocenters. The number of aryl methyl sites for hydroxylation is 1. The number of carboxylic acid groups (broad SMARTS) is 1. The van der Waals surface area contributed by atoms with Gasteiger partial charge in [-0.15, -0.1) is 15.0 Å². The van der Waals surface area contributed by atoms with Gasteiger partial charge in [0.25, 0.3) is 0 Å². The molecule has 0 atom stereocenters. The number of aliphatic carboxylic acids is 1. The molecule has 1 N–H and O–H groups in total. The lowest BCUT2D eigenvalue weighted by Crippen LogP contribution is -2.38. The summed E-state index contributed by atoms with van der Waals surface area (Å²) in [5.41, 5.74) is 1.70. The van der Waals surface area contributed by atoms with Gasteiger partial charge in [0.2, 0.25) is 0 Å². The number of carbonyl (C=O) groups is 1. The number of fused-ring (bicyclic) bond motifs is 1. The maximum absolute atomic E-state index is 11.3. The molecular formula is C26H26ClN3O5. The van der Waals surface area contributed by atoms with E-state index in [0.29, 0.717) is 47.6 Å². The lowest BCUT2D eigenvalue weighted by atomic mass is 10.1. The van der Waals surface area contributed by atoms with Crippen LogP contribution < -0.4 is 14.2 Å². The van der Waals surface area contributed by atoms with E-state index in [4.69, 9.17) is 25.8 Å². The summed E-state index contributed by atoms with van der Waals surface area (Å²) >= 11 is 6.21. The summed E-state index contributed by atoms with van der Waals surface area (Å²) in [4.78, 5) is 12.8. The van der Waals surface area contributed by atoms with Gasteiger partial charge < -0.3 is 19.3 Å². The quantitative estimate of drug-likeness (QED) is 0.291.